The van der Waals surface area contributed by atoms with Crippen LogP contribution in [0.3, 0.4) is 0 Å². The fourth-order valence-electron chi connectivity index (χ4n) is 2.13. The Kier molecular flexibility index (Phi) is 6.71. The standard InChI is InChI=1S/C15H20F2N2O2.ClH/c1-10(2)21-8-11-4-3-5-12(6-11)19-14(20)13-7-15(16,17)9-18-13;/h3-6,10,13,18H,7-9H2,1-2H3,(H,19,20);1H. The third-order valence-corrected chi connectivity index (χ3v) is 3.20. The maximum atomic E-state index is 13.1. The number of carbonyl (C=O) groups is 1. The smallest absolute Gasteiger partial charge is 0.262 e. The van der Waals surface area contributed by atoms with Crippen molar-refractivity contribution in [1.29, 1.82) is 0 Å². The van der Waals surface area contributed by atoms with E-state index < -0.39 is 30.8 Å². The van der Waals surface area contributed by atoms with Gasteiger partial charge in [-0.2, -0.15) is 0 Å². The number of halogens is 3. The van der Waals surface area contributed by atoms with Crippen LogP contribution in [-0.2, 0) is 16.1 Å². The second kappa shape index (κ2) is 7.85. The summed E-state index contributed by atoms with van der Waals surface area (Å²) in [6.07, 6.45) is -0.345. The molecular weight excluding hydrogens is 314 g/mol. The van der Waals surface area contributed by atoms with Gasteiger partial charge in [0.2, 0.25) is 5.91 Å². The van der Waals surface area contributed by atoms with E-state index in [0.29, 0.717) is 12.3 Å². The number of hydrogen-bond donors (Lipinski definition) is 2. The molecule has 1 saturated heterocycles. The van der Waals surface area contributed by atoms with Crippen LogP contribution >= 0.6 is 12.4 Å². The van der Waals surface area contributed by atoms with Gasteiger partial charge in [0.25, 0.3) is 5.92 Å². The van der Waals surface area contributed by atoms with Gasteiger partial charge in [0.05, 0.1) is 25.3 Å². The van der Waals surface area contributed by atoms with Crippen LogP contribution in [0.15, 0.2) is 24.3 Å². The number of benzene rings is 1. The van der Waals surface area contributed by atoms with Crippen LogP contribution in [0, 0.1) is 0 Å². The van der Waals surface area contributed by atoms with E-state index in [0.717, 1.165) is 5.56 Å². The highest BCUT2D eigenvalue weighted by Gasteiger charge is 2.42. The van der Waals surface area contributed by atoms with Crippen LogP contribution in [0.1, 0.15) is 25.8 Å². The van der Waals surface area contributed by atoms with Gasteiger partial charge in [-0.3, -0.25) is 10.1 Å². The first-order valence-electron chi connectivity index (χ1n) is 6.98. The summed E-state index contributed by atoms with van der Waals surface area (Å²) >= 11 is 0. The van der Waals surface area contributed by atoms with Crippen molar-refractivity contribution < 1.29 is 18.3 Å². The van der Waals surface area contributed by atoms with Gasteiger partial charge in [-0.15, -0.1) is 12.4 Å². The van der Waals surface area contributed by atoms with Crippen molar-refractivity contribution in [2.45, 2.75) is 44.9 Å². The summed E-state index contributed by atoms with van der Waals surface area (Å²) in [5.41, 5.74) is 1.51. The van der Waals surface area contributed by atoms with Gasteiger partial charge in [-0.05, 0) is 31.5 Å². The lowest BCUT2D eigenvalue weighted by molar-refractivity contribution is -0.118. The van der Waals surface area contributed by atoms with Gasteiger partial charge >= 0.3 is 0 Å². The molecule has 1 aliphatic heterocycles. The van der Waals surface area contributed by atoms with Gasteiger partial charge in [-0.1, -0.05) is 12.1 Å². The Morgan fingerprint density at radius 1 is 1.50 bits per heavy atom. The van der Waals surface area contributed by atoms with Crippen molar-refractivity contribution in [3.05, 3.63) is 29.8 Å². The first-order chi connectivity index (χ1) is 9.85. The van der Waals surface area contributed by atoms with Crippen LogP contribution in [0.25, 0.3) is 0 Å². The second-order valence-corrected chi connectivity index (χ2v) is 5.54. The molecule has 0 bridgehead atoms. The van der Waals surface area contributed by atoms with Crippen LogP contribution in [0.4, 0.5) is 14.5 Å². The van der Waals surface area contributed by atoms with E-state index in [1.54, 1.807) is 18.2 Å². The average Bonchev–Trinajstić information content (AvgIpc) is 2.77. The second-order valence-electron chi connectivity index (χ2n) is 5.54. The SMILES string of the molecule is CC(C)OCc1cccc(NC(=O)C2CC(F)(F)CN2)c1.Cl. The molecule has 1 unspecified atom stereocenters. The summed E-state index contributed by atoms with van der Waals surface area (Å²) in [4.78, 5) is 11.9. The van der Waals surface area contributed by atoms with Crippen molar-refractivity contribution >= 4 is 24.0 Å². The first-order valence-corrected chi connectivity index (χ1v) is 6.98. The van der Waals surface area contributed by atoms with Crippen molar-refractivity contribution in [2.75, 3.05) is 11.9 Å². The predicted molar refractivity (Wildman–Crippen MR) is 83.6 cm³/mol. The molecule has 7 heteroatoms. The molecule has 1 atom stereocenters. The summed E-state index contributed by atoms with van der Waals surface area (Å²) in [5, 5.41) is 5.19. The third kappa shape index (κ3) is 5.51. The number of carbonyl (C=O) groups excluding carboxylic acids is 1. The molecule has 0 radical (unpaired) electrons. The molecule has 1 aromatic rings. The maximum Gasteiger partial charge on any atom is 0.262 e. The Hall–Kier alpha value is -1.24. The quantitative estimate of drug-likeness (QED) is 0.870. The van der Waals surface area contributed by atoms with Crippen LogP contribution in [-0.4, -0.2) is 30.5 Å². The first kappa shape index (κ1) is 18.8. The highest BCUT2D eigenvalue weighted by molar-refractivity contribution is 5.95. The molecule has 22 heavy (non-hydrogen) atoms. The number of anilines is 1. The summed E-state index contributed by atoms with van der Waals surface area (Å²) < 4.78 is 31.6. The number of hydrogen-bond acceptors (Lipinski definition) is 3. The van der Waals surface area contributed by atoms with Crippen molar-refractivity contribution in [1.82, 2.24) is 5.32 Å². The lowest BCUT2D eigenvalue weighted by Crippen LogP contribution is -2.35. The molecule has 4 nitrogen and oxygen atoms in total. The zero-order valence-corrected chi connectivity index (χ0v) is 13.4. The number of alkyl halides is 2. The predicted octanol–water partition coefficient (Wildman–Crippen LogP) is 2.97. The summed E-state index contributed by atoms with van der Waals surface area (Å²) in [7, 11) is 0. The van der Waals surface area contributed by atoms with Crippen molar-refractivity contribution in [3.8, 4) is 0 Å². The molecule has 2 N–H and O–H groups in total. The highest BCUT2D eigenvalue weighted by Crippen LogP contribution is 2.25. The molecule has 0 spiro atoms. The van der Waals surface area contributed by atoms with Gasteiger partial charge < -0.3 is 10.1 Å². The summed E-state index contributed by atoms with van der Waals surface area (Å²) in [6, 6.07) is 6.35. The van der Waals surface area contributed by atoms with E-state index >= 15 is 0 Å². The molecule has 124 valence electrons. The molecule has 1 aliphatic rings. The van der Waals surface area contributed by atoms with E-state index in [1.165, 1.54) is 0 Å². The Balaban J connectivity index is 0.00000242. The molecule has 0 aromatic heterocycles. The summed E-state index contributed by atoms with van der Waals surface area (Å²) in [6.45, 7) is 3.88. The van der Waals surface area contributed by atoms with Gasteiger partial charge in [0.1, 0.15) is 0 Å². The van der Waals surface area contributed by atoms with Crippen molar-refractivity contribution in [3.63, 3.8) is 0 Å². The Labute approximate surface area is 135 Å². The van der Waals surface area contributed by atoms with Gasteiger partial charge in [-0.25, -0.2) is 8.78 Å². The normalized spacial score (nSPS) is 19.8. The fourth-order valence-corrected chi connectivity index (χ4v) is 2.13. The lowest BCUT2D eigenvalue weighted by atomic mass is 10.1. The zero-order valence-electron chi connectivity index (χ0n) is 12.6. The molecule has 0 aliphatic carbocycles. The van der Waals surface area contributed by atoms with Crippen LogP contribution in [0.2, 0.25) is 0 Å². The molecule has 1 aromatic carbocycles. The average molecular weight is 335 g/mol. The largest absolute Gasteiger partial charge is 0.374 e. The number of nitrogens with one attached hydrogen (secondary N) is 2. The number of ether oxygens (including phenoxy) is 1. The molecule has 0 saturated carbocycles. The lowest BCUT2D eigenvalue weighted by Gasteiger charge is -2.13. The minimum Gasteiger partial charge on any atom is -0.374 e. The number of amides is 1. The highest BCUT2D eigenvalue weighted by atomic mass is 35.5. The van der Waals surface area contributed by atoms with E-state index in [-0.39, 0.29) is 18.5 Å². The monoisotopic (exact) mass is 334 g/mol. The minimum absolute atomic E-state index is 0. The Morgan fingerprint density at radius 2 is 2.23 bits per heavy atom. The van der Waals surface area contributed by atoms with E-state index in [9.17, 15) is 13.6 Å². The van der Waals surface area contributed by atoms with E-state index in [4.69, 9.17) is 4.74 Å². The maximum absolute atomic E-state index is 13.1. The van der Waals surface area contributed by atoms with Gasteiger partial charge in [0, 0.05) is 12.1 Å². The molecule has 1 amide bonds. The van der Waals surface area contributed by atoms with Crippen LogP contribution < -0.4 is 10.6 Å². The molecule has 1 fully saturated rings. The molecule has 2 rings (SSSR count). The molecular formula is C15H21ClF2N2O2. The summed E-state index contributed by atoms with van der Waals surface area (Å²) in [5.74, 6) is -3.25. The molecule has 1 heterocycles. The van der Waals surface area contributed by atoms with Crippen LogP contribution in [0.5, 0.6) is 0 Å². The zero-order chi connectivity index (χ0) is 15.5. The Morgan fingerprint density at radius 3 is 2.82 bits per heavy atom. The van der Waals surface area contributed by atoms with E-state index in [2.05, 4.69) is 10.6 Å². The minimum atomic E-state index is -2.81. The fraction of sp³-hybridized carbons (Fsp3) is 0.533. The Bertz CT molecular complexity index is 512. The van der Waals surface area contributed by atoms with Gasteiger partial charge in [0.15, 0.2) is 0 Å². The number of rotatable bonds is 5. The topological polar surface area (TPSA) is 50.4 Å². The van der Waals surface area contributed by atoms with Crippen molar-refractivity contribution in [2.24, 2.45) is 0 Å². The third-order valence-electron chi connectivity index (χ3n) is 3.20. The van der Waals surface area contributed by atoms with E-state index in [1.807, 2.05) is 19.9 Å².